The van der Waals surface area contributed by atoms with Crippen molar-refractivity contribution in [2.24, 2.45) is 11.1 Å². The summed E-state index contributed by atoms with van der Waals surface area (Å²) in [5.74, 6) is 1.23. The van der Waals surface area contributed by atoms with Crippen LogP contribution >= 0.6 is 27.7 Å². The third-order valence-electron chi connectivity index (χ3n) is 2.99. The molecule has 0 amide bonds. The Morgan fingerprint density at radius 3 is 2.47 bits per heavy atom. The topological polar surface area (TPSA) is 26.0 Å². The van der Waals surface area contributed by atoms with Gasteiger partial charge in [-0.25, -0.2) is 0 Å². The van der Waals surface area contributed by atoms with Crippen molar-refractivity contribution in [2.45, 2.75) is 24.2 Å². The number of halogens is 1. The summed E-state index contributed by atoms with van der Waals surface area (Å²) in [5, 5.41) is 0. The Kier molecular flexibility index (Phi) is 3.75. The molecule has 2 N–H and O–H groups in total. The van der Waals surface area contributed by atoms with Crippen LogP contribution in [-0.2, 0) is 0 Å². The normalized spacial score (nSPS) is 17.7. The predicted octanol–water partition coefficient (Wildman–Crippen LogP) is 3.67. The molecule has 1 aromatic carbocycles. The number of rotatable bonds is 5. The summed E-state index contributed by atoms with van der Waals surface area (Å²) in [6.07, 6.45) is 3.93. The number of thioether (sulfide) groups is 1. The van der Waals surface area contributed by atoms with Gasteiger partial charge in [0.25, 0.3) is 0 Å². The molecule has 1 aromatic rings. The van der Waals surface area contributed by atoms with Crippen molar-refractivity contribution >= 4 is 27.7 Å². The van der Waals surface area contributed by atoms with Gasteiger partial charge in [0.15, 0.2) is 0 Å². The van der Waals surface area contributed by atoms with Gasteiger partial charge in [-0.15, -0.1) is 11.8 Å². The van der Waals surface area contributed by atoms with Gasteiger partial charge in [0.1, 0.15) is 0 Å². The monoisotopic (exact) mass is 285 g/mol. The van der Waals surface area contributed by atoms with Gasteiger partial charge in [-0.2, -0.15) is 0 Å². The van der Waals surface area contributed by atoms with Gasteiger partial charge in [-0.3, -0.25) is 0 Å². The molecule has 0 radical (unpaired) electrons. The third-order valence-corrected chi connectivity index (χ3v) is 4.88. The van der Waals surface area contributed by atoms with Crippen LogP contribution in [0.1, 0.15) is 19.3 Å². The van der Waals surface area contributed by atoms with Gasteiger partial charge in [-0.05, 0) is 55.5 Å². The molecule has 0 spiro atoms. The number of benzene rings is 1. The van der Waals surface area contributed by atoms with E-state index in [1.165, 1.54) is 29.9 Å². The SMILES string of the molecule is NCCC1(CSc2ccc(Br)cc2)CC1. The summed E-state index contributed by atoms with van der Waals surface area (Å²) in [4.78, 5) is 1.36. The first-order valence-electron chi connectivity index (χ1n) is 5.33. The second kappa shape index (κ2) is 4.89. The van der Waals surface area contributed by atoms with E-state index in [0.29, 0.717) is 5.41 Å². The highest BCUT2D eigenvalue weighted by atomic mass is 79.9. The molecule has 3 heteroatoms. The first-order chi connectivity index (χ1) is 7.24. The van der Waals surface area contributed by atoms with Crippen molar-refractivity contribution in [1.82, 2.24) is 0 Å². The minimum absolute atomic E-state index is 0.576. The van der Waals surface area contributed by atoms with Crippen LogP contribution in [0.25, 0.3) is 0 Å². The standard InChI is InChI=1S/C12H16BrNS/c13-10-1-3-11(4-2-10)15-9-12(5-6-12)7-8-14/h1-4H,5-9,14H2. The van der Waals surface area contributed by atoms with Crippen LogP contribution in [0.5, 0.6) is 0 Å². The summed E-state index contributed by atoms with van der Waals surface area (Å²) < 4.78 is 1.15. The highest BCUT2D eigenvalue weighted by Gasteiger charge is 2.41. The van der Waals surface area contributed by atoms with Crippen molar-refractivity contribution in [3.8, 4) is 0 Å². The third kappa shape index (κ3) is 3.23. The maximum Gasteiger partial charge on any atom is 0.0176 e. The maximum absolute atomic E-state index is 5.63. The molecular weight excluding hydrogens is 270 g/mol. The molecule has 0 bridgehead atoms. The van der Waals surface area contributed by atoms with E-state index in [9.17, 15) is 0 Å². The van der Waals surface area contributed by atoms with Crippen molar-refractivity contribution in [2.75, 3.05) is 12.3 Å². The molecule has 0 heterocycles. The fraction of sp³-hybridized carbons (Fsp3) is 0.500. The zero-order chi connectivity index (χ0) is 10.7. The Bertz CT molecular complexity index is 319. The largest absolute Gasteiger partial charge is 0.330 e. The summed E-state index contributed by atoms with van der Waals surface area (Å²) in [7, 11) is 0. The van der Waals surface area contributed by atoms with Crippen LogP contribution in [0.3, 0.4) is 0 Å². The fourth-order valence-electron chi connectivity index (χ4n) is 1.72. The molecule has 1 aliphatic carbocycles. The average molecular weight is 286 g/mol. The lowest BCUT2D eigenvalue weighted by Gasteiger charge is -2.12. The zero-order valence-corrected chi connectivity index (χ0v) is 11.1. The Labute approximate surface area is 104 Å². The minimum atomic E-state index is 0.576. The van der Waals surface area contributed by atoms with E-state index in [1.54, 1.807) is 0 Å². The molecule has 1 nitrogen and oxygen atoms in total. The molecule has 0 aromatic heterocycles. The Morgan fingerprint density at radius 1 is 1.27 bits per heavy atom. The lowest BCUT2D eigenvalue weighted by Crippen LogP contribution is -2.11. The van der Waals surface area contributed by atoms with Gasteiger partial charge in [-0.1, -0.05) is 15.9 Å². The summed E-state index contributed by atoms with van der Waals surface area (Å²) in [5.41, 5.74) is 6.20. The zero-order valence-electron chi connectivity index (χ0n) is 8.71. The number of nitrogens with two attached hydrogens (primary N) is 1. The second-order valence-corrected chi connectivity index (χ2v) is 6.25. The Balaban J connectivity index is 1.85. The molecular formula is C12H16BrNS. The van der Waals surface area contributed by atoms with E-state index in [2.05, 4.69) is 40.2 Å². The van der Waals surface area contributed by atoms with Crippen LogP contribution < -0.4 is 5.73 Å². The van der Waals surface area contributed by atoms with Crippen LogP contribution in [0.4, 0.5) is 0 Å². The molecule has 1 saturated carbocycles. The van der Waals surface area contributed by atoms with Crippen molar-refractivity contribution in [3.63, 3.8) is 0 Å². The molecule has 1 aliphatic rings. The minimum Gasteiger partial charge on any atom is -0.330 e. The average Bonchev–Trinajstić information content (AvgIpc) is 2.99. The smallest absolute Gasteiger partial charge is 0.0176 e. The second-order valence-electron chi connectivity index (χ2n) is 4.28. The summed E-state index contributed by atoms with van der Waals surface area (Å²) in [6, 6.07) is 8.55. The molecule has 0 unspecified atom stereocenters. The van der Waals surface area contributed by atoms with E-state index < -0.39 is 0 Å². The van der Waals surface area contributed by atoms with Gasteiger partial charge in [0.05, 0.1) is 0 Å². The molecule has 0 aliphatic heterocycles. The fourth-order valence-corrected chi connectivity index (χ4v) is 3.22. The molecule has 1 fully saturated rings. The highest BCUT2D eigenvalue weighted by molar-refractivity contribution is 9.10. The van der Waals surface area contributed by atoms with Crippen LogP contribution in [0.2, 0.25) is 0 Å². The van der Waals surface area contributed by atoms with Gasteiger partial charge in [0, 0.05) is 15.1 Å². The van der Waals surface area contributed by atoms with E-state index in [1.807, 2.05) is 11.8 Å². The quantitative estimate of drug-likeness (QED) is 0.836. The van der Waals surface area contributed by atoms with E-state index >= 15 is 0 Å². The number of hydrogen-bond donors (Lipinski definition) is 1. The molecule has 0 saturated heterocycles. The molecule has 15 heavy (non-hydrogen) atoms. The molecule has 2 rings (SSSR count). The van der Waals surface area contributed by atoms with Gasteiger partial charge in [0.2, 0.25) is 0 Å². The van der Waals surface area contributed by atoms with Gasteiger partial charge < -0.3 is 5.73 Å². The Hall–Kier alpha value is 0.01000. The maximum atomic E-state index is 5.63. The van der Waals surface area contributed by atoms with E-state index in [0.717, 1.165) is 11.0 Å². The van der Waals surface area contributed by atoms with Crippen molar-refractivity contribution in [1.29, 1.82) is 0 Å². The lowest BCUT2D eigenvalue weighted by atomic mass is 10.1. The van der Waals surface area contributed by atoms with Crippen molar-refractivity contribution in [3.05, 3.63) is 28.7 Å². The lowest BCUT2D eigenvalue weighted by molar-refractivity contribution is 0.537. The van der Waals surface area contributed by atoms with Crippen molar-refractivity contribution < 1.29 is 0 Å². The van der Waals surface area contributed by atoms with Gasteiger partial charge >= 0.3 is 0 Å². The first kappa shape index (κ1) is 11.5. The Morgan fingerprint density at radius 2 is 1.93 bits per heavy atom. The van der Waals surface area contributed by atoms with Crippen LogP contribution in [-0.4, -0.2) is 12.3 Å². The van der Waals surface area contributed by atoms with Crippen LogP contribution in [0.15, 0.2) is 33.6 Å². The van der Waals surface area contributed by atoms with Crippen LogP contribution in [0, 0.1) is 5.41 Å². The first-order valence-corrected chi connectivity index (χ1v) is 7.10. The summed E-state index contributed by atoms with van der Waals surface area (Å²) in [6.45, 7) is 0.834. The van der Waals surface area contributed by atoms with E-state index in [-0.39, 0.29) is 0 Å². The van der Waals surface area contributed by atoms with E-state index in [4.69, 9.17) is 5.73 Å². The highest BCUT2D eigenvalue weighted by Crippen LogP contribution is 2.51. The molecule has 82 valence electrons. The summed E-state index contributed by atoms with van der Waals surface area (Å²) >= 11 is 5.41. The molecule has 0 atom stereocenters. The predicted molar refractivity (Wildman–Crippen MR) is 70.2 cm³/mol. The number of hydrogen-bond acceptors (Lipinski definition) is 2.